The second kappa shape index (κ2) is 8.10. The van der Waals surface area contributed by atoms with E-state index in [0.717, 1.165) is 31.4 Å². The Morgan fingerprint density at radius 2 is 2.08 bits per heavy atom. The van der Waals surface area contributed by atoms with Crippen molar-refractivity contribution in [3.05, 3.63) is 59.5 Å². The molecule has 1 atom stereocenters. The first-order valence-corrected chi connectivity index (χ1v) is 8.81. The number of ether oxygens (including phenoxy) is 1. The highest BCUT2D eigenvalue weighted by Crippen LogP contribution is 2.28. The SMILES string of the molecule is CCOc1ncccc1C(=O)N1CCCCC(c2ccc(F)cc2)C1. The maximum atomic E-state index is 13.2. The van der Waals surface area contributed by atoms with Gasteiger partial charge in [0.15, 0.2) is 0 Å². The molecular weight excluding hydrogens is 319 g/mol. The summed E-state index contributed by atoms with van der Waals surface area (Å²) in [5, 5.41) is 0. The first kappa shape index (κ1) is 17.4. The number of carbonyl (C=O) groups is 1. The molecule has 1 aromatic carbocycles. The fraction of sp³-hybridized carbons (Fsp3) is 0.400. The van der Waals surface area contributed by atoms with E-state index in [1.807, 2.05) is 24.0 Å². The summed E-state index contributed by atoms with van der Waals surface area (Å²) >= 11 is 0. The molecule has 0 spiro atoms. The zero-order valence-corrected chi connectivity index (χ0v) is 14.5. The number of amides is 1. The summed E-state index contributed by atoms with van der Waals surface area (Å²) < 4.78 is 18.7. The van der Waals surface area contributed by atoms with Crippen LogP contribution in [0, 0.1) is 5.82 Å². The minimum absolute atomic E-state index is 0.0504. The molecule has 1 unspecified atom stereocenters. The largest absolute Gasteiger partial charge is 0.477 e. The lowest BCUT2D eigenvalue weighted by Crippen LogP contribution is -2.34. The van der Waals surface area contributed by atoms with Crippen molar-refractivity contribution in [2.45, 2.75) is 32.1 Å². The minimum Gasteiger partial charge on any atom is -0.477 e. The van der Waals surface area contributed by atoms with Gasteiger partial charge < -0.3 is 9.64 Å². The second-order valence-corrected chi connectivity index (χ2v) is 6.28. The van der Waals surface area contributed by atoms with Crippen molar-refractivity contribution in [1.82, 2.24) is 9.88 Å². The maximum Gasteiger partial charge on any atom is 0.259 e. The molecule has 0 N–H and O–H groups in total. The minimum atomic E-state index is -0.234. The Kier molecular flexibility index (Phi) is 5.64. The molecule has 1 fully saturated rings. The lowest BCUT2D eigenvalue weighted by atomic mass is 9.94. The maximum absolute atomic E-state index is 13.2. The van der Waals surface area contributed by atoms with Crippen LogP contribution >= 0.6 is 0 Å². The normalized spacial score (nSPS) is 17.8. The van der Waals surface area contributed by atoms with E-state index in [2.05, 4.69) is 4.98 Å². The van der Waals surface area contributed by atoms with Crippen molar-refractivity contribution < 1.29 is 13.9 Å². The van der Waals surface area contributed by atoms with Gasteiger partial charge >= 0.3 is 0 Å². The third kappa shape index (κ3) is 4.16. The Balaban J connectivity index is 1.81. The Morgan fingerprint density at radius 1 is 1.28 bits per heavy atom. The number of halogens is 1. The van der Waals surface area contributed by atoms with Crippen LogP contribution in [0.3, 0.4) is 0 Å². The highest BCUT2D eigenvalue weighted by molar-refractivity contribution is 5.96. The van der Waals surface area contributed by atoms with E-state index in [1.165, 1.54) is 12.1 Å². The topological polar surface area (TPSA) is 42.4 Å². The van der Waals surface area contributed by atoms with Gasteiger partial charge in [-0.05, 0) is 49.6 Å². The van der Waals surface area contributed by atoms with E-state index in [0.29, 0.717) is 24.6 Å². The molecule has 0 saturated carbocycles. The summed E-state index contributed by atoms with van der Waals surface area (Å²) in [5.41, 5.74) is 1.58. The molecule has 2 aromatic rings. The van der Waals surface area contributed by atoms with E-state index < -0.39 is 0 Å². The van der Waals surface area contributed by atoms with E-state index in [4.69, 9.17) is 4.74 Å². The average molecular weight is 342 g/mol. The molecule has 2 heterocycles. The summed E-state index contributed by atoms with van der Waals surface area (Å²) in [4.78, 5) is 19.1. The van der Waals surface area contributed by atoms with Gasteiger partial charge in [-0.25, -0.2) is 9.37 Å². The van der Waals surface area contributed by atoms with Crippen LogP contribution in [0.4, 0.5) is 4.39 Å². The number of likely N-dealkylation sites (tertiary alicyclic amines) is 1. The Hall–Kier alpha value is -2.43. The molecule has 0 bridgehead atoms. The Labute approximate surface area is 147 Å². The molecule has 5 heteroatoms. The van der Waals surface area contributed by atoms with Gasteiger partial charge in [-0.1, -0.05) is 18.6 Å². The molecule has 1 aliphatic heterocycles. The number of carbonyl (C=O) groups excluding carboxylic acids is 1. The summed E-state index contributed by atoms with van der Waals surface area (Å²) in [6.07, 6.45) is 4.65. The van der Waals surface area contributed by atoms with Crippen LogP contribution in [0.5, 0.6) is 5.88 Å². The third-order valence-electron chi connectivity index (χ3n) is 4.58. The van der Waals surface area contributed by atoms with Crippen LogP contribution in [0.15, 0.2) is 42.6 Å². The predicted octanol–water partition coefficient (Wildman–Crippen LogP) is 4.03. The number of nitrogens with zero attached hydrogens (tertiary/aromatic N) is 2. The van der Waals surface area contributed by atoms with Gasteiger partial charge in [0.2, 0.25) is 5.88 Å². The molecule has 1 amide bonds. The predicted molar refractivity (Wildman–Crippen MR) is 94.3 cm³/mol. The van der Waals surface area contributed by atoms with E-state index in [1.54, 1.807) is 18.3 Å². The molecule has 1 aliphatic rings. The average Bonchev–Trinajstić information content (AvgIpc) is 2.89. The number of hydrogen-bond donors (Lipinski definition) is 0. The van der Waals surface area contributed by atoms with Gasteiger partial charge in [0.25, 0.3) is 5.91 Å². The third-order valence-corrected chi connectivity index (χ3v) is 4.58. The van der Waals surface area contributed by atoms with Crippen LogP contribution < -0.4 is 4.74 Å². The fourth-order valence-corrected chi connectivity index (χ4v) is 3.31. The van der Waals surface area contributed by atoms with Gasteiger partial charge in [0, 0.05) is 25.2 Å². The summed E-state index contributed by atoms with van der Waals surface area (Å²) in [7, 11) is 0. The van der Waals surface area contributed by atoms with E-state index >= 15 is 0 Å². The summed E-state index contributed by atoms with van der Waals surface area (Å²) in [5.74, 6) is 0.324. The first-order valence-electron chi connectivity index (χ1n) is 8.81. The summed E-state index contributed by atoms with van der Waals surface area (Å²) in [6, 6.07) is 10.1. The molecule has 1 aromatic heterocycles. The lowest BCUT2D eigenvalue weighted by molar-refractivity contribution is 0.0749. The van der Waals surface area contributed by atoms with E-state index in [9.17, 15) is 9.18 Å². The highest BCUT2D eigenvalue weighted by Gasteiger charge is 2.26. The molecule has 4 nitrogen and oxygen atoms in total. The molecule has 132 valence electrons. The van der Waals surface area contributed by atoms with Crippen molar-refractivity contribution in [2.75, 3.05) is 19.7 Å². The molecule has 25 heavy (non-hydrogen) atoms. The van der Waals surface area contributed by atoms with Crippen molar-refractivity contribution in [3.8, 4) is 5.88 Å². The lowest BCUT2D eigenvalue weighted by Gasteiger charge is -2.25. The molecule has 3 rings (SSSR count). The highest BCUT2D eigenvalue weighted by atomic mass is 19.1. The van der Waals surface area contributed by atoms with Crippen molar-refractivity contribution >= 4 is 5.91 Å². The van der Waals surface area contributed by atoms with Crippen molar-refractivity contribution in [1.29, 1.82) is 0 Å². The Morgan fingerprint density at radius 3 is 2.84 bits per heavy atom. The van der Waals surface area contributed by atoms with Crippen LogP contribution in [0.2, 0.25) is 0 Å². The number of rotatable bonds is 4. The van der Waals surface area contributed by atoms with Crippen LogP contribution in [0.1, 0.15) is 48.0 Å². The van der Waals surface area contributed by atoms with Gasteiger partial charge in [-0.3, -0.25) is 4.79 Å². The van der Waals surface area contributed by atoms with Crippen molar-refractivity contribution in [3.63, 3.8) is 0 Å². The number of aromatic nitrogens is 1. The molecule has 1 saturated heterocycles. The Bertz CT molecular complexity index is 718. The number of hydrogen-bond acceptors (Lipinski definition) is 3. The van der Waals surface area contributed by atoms with Gasteiger partial charge in [0.05, 0.1) is 6.61 Å². The van der Waals surface area contributed by atoms with Crippen molar-refractivity contribution in [2.24, 2.45) is 0 Å². The van der Waals surface area contributed by atoms with Gasteiger partial charge in [-0.15, -0.1) is 0 Å². The number of benzene rings is 1. The van der Waals surface area contributed by atoms with Crippen LogP contribution in [-0.4, -0.2) is 35.5 Å². The standard InChI is InChI=1S/C20H23FN2O2/c1-2-25-19-18(7-5-12-22-19)20(24)23-13-4-3-6-16(14-23)15-8-10-17(21)11-9-15/h5,7-12,16H,2-4,6,13-14H2,1H3. The quantitative estimate of drug-likeness (QED) is 0.842. The zero-order valence-electron chi connectivity index (χ0n) is 14.5. The van der Waals surface area contributed by atoms with Gasteiger partial charge in [0.1, 0.15) is 11.4 Å². The summed E-state index contributed by atoms with van der Waals surface area (Å²) in [6.45, 7) is 3.69. The monoisotopic (exact) mass is 342 g/mol. The second-order valence-electron chi connectivity index (χ2n) is 6.28. The number of pyridine rings is 1. The van der Waals surface area contributed by atoms with Crippen LogP contribution in [-0.2, 0) is 0 Å². The fourth-order valence-electron chi connectivity index (χ4n) is 3.31. The van der Waals surface area contributed by atoms with Gasteiger partial charge in [-0.2, -0.15) is 0 Å². The van der Waals surface area contributed by atoms with E-state index in [-0.39, 0.29) is 17.6 Å². The smallest absolute Gasteiger partial charge is 0.259 e. The first-order chi connectivity index (χ1) is 12.2. The molecular formula is C20H23FN2O2. The molecule has 0 radical (unpaired) electrons. The zero-order chi connectivity index (χ0) is 17.6. The molecule has 0 aliphatic carbocycles. The van der Waals surface area contributed by atoms with Crippen LogP contribution in [0.25, 0.3) is 0 Å².